The molecule has 0 spiro atoms. The van der Waals surface area contributed by atoms with Crippen LogP contribution in [-0.4, -0.2) is 73.2 Å². The Kier molecular flexibility index (Phi) is 6.27. The number of rotatable bonds is 6. The molecule has 1 amide bonds. The number of nitrogens with zero attached hydrogens (tertiary/aromatic N) is 5. The smallest absolute Gasteiger partial charge is 0.278 e. The average Bonchev–Trinajstić information content (AvgIpc) is 3.21. The molecule has 9 heteroatoms. The first-order valence-electron chi connectivity index (χ1n) is 10.5. The summed E-state index contributed by atoms with van der Waals surface area (Å²) in [6.07, 6.45) is 0. The topological polar surface area (TPSA) is 84.8 Å². The molecule has 1 saturated heterocycles. The van der Waals surface area contributed by atoms with E-state index in [1.54, 1.807) is 44.0 Å². The van der Waals surface area contributed by atoms with Crippen LogP contribution in [0.2, 0.25) is 0 Å². The molecule has 0 aliphatic carbocycles. The summed E-state index contributed by atoms with van der Waals surface area (Å²) in [6.45, 7) is 5.89. The van der Waals surface area contributed by atoms with Crippen molar-refractivity contribution < 1.29 is 14.3 Å². The molecule has 32 heavy (non-hydrogen) atoms. The molecule has 2 aromatic carbocycles. The van der Waals surface area contributed by atoms with Crippen molar-refractivity contribution in [1.29, 1.82) is 0 Å². The molecule has 2 heterocycles. The fraction of sp³-hybridized carbons (Fsp3) is 0.348. The van der Waals surface area contributed by atoms with Crippen LogP contribution in [0.4, 0.5) is 11.4 Å². The Balaban J connectivity index is 1.50. The van der Waals surface area contributed by atoms with E-state index in [2.05, 4.69) is 32.5 Å². The SMILES string of the molecule is COc1ccc(OC)c(-n2nnc(C(=O)Nc3ccc(N4CCN(C)CC4)cc3)c2C)c1. The highest BCUT2D eigenvalue weighted by molar-refractivity contribution is 6.03. The Hall–Kier alpha value is -3.59. The zero-order chi connectivity index (χ0) is 22.7. The first-order chi connectivity index (χ1) is 15.5. The third-order valence-electron chi connectivity index (χ3n) is 5.72. The van der Waals surface area contributed by atoms with E-state index in [4.69, 9.17) is 9.47 Å². The van der Waals surface area contributed by atoms with Crippen LogP contribution in [0.25, 0.3) is 5.69 Å². The molecule has 1 aliphatic heterocycles. The van der Waals surface area contributed by atoms with Gasteiger partial charge in [0.25, 0.3) is 5.91 Å². The van der Waals surface area contributed by atoms with Crippen LogP contribution in [0.1, 0.15) is 16.2 Å². The number of carbonyl (C=O) groups is 1. The van der Waals surface area contributed by atoms with Crippen LogP contribution >= 0.6 is 0 Å². The van der Waals surface area contributed by atoms with E-state index in [0.29, 0.717) is 28.6 Å². The molecule has 9 nitrogen and oxygen atoms in total. The highest BCUT2D eigenvalue weighted by Crippen LogP contribution is 2.28. The molecular formula is C23H28N6O3. The van der Waals surface area contributed by atoms with Gasteiger partial charge in [-0.3, -0.25) is 4.79 Å². The third kappa shape index (κ3) is 4.38. The van der Waals surface area contributed by atoms with Crippen LogP contribution in [0.15, 0.2) is 42.5 Å². The maximum atomic E-state index is 12.9. The van der Waals surface area contributed by atoms with Gasteiger partial charge in [-0.1, -0.05) is 5.21 Å². The Bertz CT molecular complexity index is 1090. The number of aromatic nitrogens is 3. The van der Waals surface area contributed by atoms with E-state index in [-0.39, 0.29) is 11.6 Å². The van der Waals surface area contributed by atoms with Crippen molar-refractivity contribution in [2.24, 2.45) is 0 Å². The van der Waals surface area contributed by atoms with E-state index in [1.807, 2.05) is 24.3 Å². The molecule has 1 N–H and O–H groups in total. The average molecular weight is 437 g/mol. The van der Waals surface area contributed by atoms with Crippen LogP contribution < -0.4 is 19.7 Å². The monoisotopic (exact) mass is 436 g/mol. The van der Waals surface area contributed by atoms with Gasteiger partial charge >= 0.3 is 0 Å². The molecule has 0 saturated carbocycles. The van der Waals surface area contributed by atoms with Crippen molar-refractivity contribution in [1.82, 2.24) is 19.9 Å². The van der Waals surface area contributed by atoms with Gasteiger partial charge in [0.1, 0.15) is 17.2 Å². The zero-order valence-corrected chi connectivity index (χ0v) is 18.8. The number of benzene rings is 2. The van der Waals surface area contributed by atoms with Crippen molar-refractivity contribution in [3.63, 3.8) is 0 Å². The van der Waals surface area contributed by atoms with Gasteiger partial charge in [-0.25, -0.2) is 4.68 Å². The van der Waals surface area contributed by atoms with Crippen molar-refractivity contribution in [2.75, 3.05) is 57.7 Å². The molecule has 1 fully saturated rings. The van der Waals surface area contributed by atoms with Crippen molar-refractivity contribution in [2.45, 2.75) is 6.92 Å². The minimum absolute atomic E-state index is 0.248. The first-order valence-corrected chi connectivity index (χ1v) is 10.5. The molecule has 0 bridgehead atoms. The Labute approximate surface area is 187 Å². The highest BCUT2D eigenvalue weighted by atomic mass is 16.5. The summed E-state index contributed by atoms with van der Waals surface area (Å²) < 4.78 is 12.3. The van der Waals surface area contributed by atoms with Crippen molar-refractivity contribution in [3.05, 3.63) is 53.9 Å². The fourth-order valence-corrected chi connectivity index (χ4v) is 3.74. The van der Waals surface area contributed by atoms with E-state index < -0.39 is 0 Å². The molecular weight excluding hydrogens is 408 g/mol. The summed E-state index contributed by atoms with van der Waals surface area (Å²) >= 11 is 0. The van der Waals surface area contributed by atoms with E-state index >= 15 is 0 Å². The van der Waals surface area contributed by atoms with Gasteiger partial charge in [-0.2, -0.15) is 0 Å². The highest BCUT2D eigenvalue weighted by Gasteiger charge is 2.20. The van der Waals surface area contributed by atoms with Crippen molar-refractivity contribution >= 4 is 17.3 Å². The van der Waals surface area contributed by atoms with Gasteiger partial charge in [-0.05, 0) is 50.4 Å². The predicted octanol–water partition coefficient (Wildman–Crippen LogP) is 2.60. The summed E-state index contributed by atoms with van der Waals surface area (Å²) in [5, 5.41) is 11.2. The number of nitrogens with one attached hydrogen (secondary N) is 1. The number of carbonyl (C=O) groups excluding carboxylic acids is 1. The maximum absolute atomic E-state index is 12.9. The number of ether oxygens (including phenoxy) is 2. The quantitative estimate of drug-likeness (QED) is 0.636. The van der Waals surface area contributed by atoms with Crippen molar-refractivity contribution in [3.8, 4) is 17.2 Å². The van der Waals surface area contributed by atoms with Gasteiger partial charge in [-0.15, -0.1) is 5.10 Å². The first kappa shape index (κ1) is 21.6. The summed E-state index contributed by atoms with van der Waals surface area (Å²) in [5.41, 5.74) is 3.36. The minimum atomic E-state index is -0.317. The lowest BCUT2D eigenvalue weighted by atomic mass is 10.2. The minimum Gasteiger partial charge on any atom is -0.497 e. The number of methoxy groups -OCH3 is 2. The molecule has 1 aliphatic rings. The standard InChI is InChI=1S/C23H28N6O3/c1-16-22(25-26-29(16)20-15-19(31-3)9-10-21(20)32-4)23(30)24-17-5-7-18(8-6-17)28-13-11-27(2)12-14-28/h5-10,15H,11-14H2,1-4H3,(H,24,30). The molecule has 168 valence electrons. The number of anilines is 2. The second-order valence-corrected chi connectivity index (χ2v) is 7.76. The van der Waals surface area contributed by atoms with Crippen LogP contribution in [0, 0.1) is 6.92 Å². The largest absolute Gasteiger partial charge is 0.497 e. The molecule has 0 unspecified atom stereocenters. The Morgan fingerprint density at radius 1 is 1.00 bits per heavy atom. The summed E-state index contributed by atoms with van der Waals surface area (Å²) in [7, 11) is 5.31. The second-order valence-electron chi connectivity index (χ2n) is 7.76. The van der Waals surface area contributed by atoms with Crippen LogP contribution in [0.3, 0.4) is 0 Å². The number of piperazine rings is 1. The lowest BCUT2D eigenvalue weighted by molar-refractivity contribution is 0.102. The number of hydrogen-bond donors (Lipinski definition) is 1. The van der Waals surface area contributed by atoms with E-state index in [9.17, 15) is 4.79 Å². The molecule has 1 aromatic heterocycles. The summed E-state index contributed by atoms with van der Waals surface area (Å²) in [4.78, 5) is 17.6. The van der Waals surface area contributed by atoms with Gasteiger partial charge in [0.2, 0.25) is 0 Å². The predicted molar refractivity (Wildman–Crippen MR) is 123 cm³/mol. The summed E-state index contributed by atoms with van der Waals surface area (Å²) in [6, 6.07) is 13.3. The molecule has 3 aromatic rings. The number of amides is 1. The Morgan fingerprint density at radius 3 is 2.38 bits per heavy atom. The van der Waals surface area contributed by atoms with E-state index in [1.165, 1.54) is 0 Å². The van der Waals surface area contributed by atoms with Gasteiger partial charge in [0.15, 0.2) is 5.69 Å². The summed E-state index contributed by atoms with van der Waals surface area (Å²) in [5.74, 6) is 0.940. The fourth-order valence-electron chi connectivity index (χ4n) is 3.74. The zero-order valence-electron chi connectivity index (χ0n) is 18.8. The molecule has 0 radical (unpaired) electrons. The Morgan fingerprint density at radius 2 is 1.72 bits per heavy atom. The third-order valence-corrected chi connectivity index (χ3v) is 5.72. The lowest BCUT2D eigenvalue weighted by Gasteiger charge is -2.34. The van der Waals surface area contributed by atoms with Crippen LogP contribution in [0.5, 0.6) is 11.5 Å². The van der Waals surface area contributed by atoms with Crippen LogP contribution in [-0.2, 0) is 0 Å². The molecule has 4 rings (SSSR count). The lowest BCUT2D eigenvalue weighted by Crippen LogP contribution is -2.44. The van der Waals surface area contributed by atoms with E-state index in [0.717, 1.165) is 31.9 Å². The molecule has 0 atom stereocenters. The number of hydrogen-bond acceptors (Lipinski definition) is 7. The normalized spacial score (nSPS) is 14.3. The van der Waals surface area contributed by atoms with Gasteiger partial charge < -0.3 is 24.6 Å². The maximum Gasteiger partial charge on any atom is 0.278 e. The van der Waals surface area contributed by atoms with Gasteiger partial charge in [0, 0.05) is 43.6 Å². The second kappa shape index (κ2) is 9.27. The van der Waals surface area contributed by atoms with Gasteiger partial charge in [0.05, 0.1) is 19.9 Å². The number of likely N-dealkylation sites (N-methyl/N-ethyl adjacent to an activating group) is 1.